The quantitative estimate of drug-likeness (QED) is 0.863. The first-order valence-electron chi connectivity index (χ1n) is 5.99. The first-order chi connectivity index (χ1) is 9.08. The number of aromatic nitrogens is 3. The minimum atomic E-state index is -0.0521. The van der Waals surface area contributed by atoms with Crippen LogP contribution in [0, 0.1) is 0 Å². The topological polar surface area (TPSA) is 51.0 Å². The number of nitrogens with zero attached hydrogens (tertiary/aromatic N) is 4. The number of carbonyl (C=O) groups excluding carboxylic acids is 1. The van der Waals surface area contributed by atoms with Crippen molar-refractivity contribution in [2.24, 2.45) is 7.05 Å². The van der Waals surface area contributed by atoms with E-state index in [1.807, 2.05) is 13.2 Å². The first-order valence-corrected chi connectivity index (χ1v) is 7.60. The van der Waals surface area contributed by atoms with Crippen LogP contribution in [0.25, 0.3) is 0 Å². The Morgan fingerprint density at radius 3 is 2.84 bits per heavy atom. The summed E-state index contributed by atoms with van der Waals surface area (Å²) in [6.07, 6.45) is 5.82. The maximum absolute atomic E-state index is 12.6. The number of halogens is 1. The molecule has 0 spiro atoms. The number of aryl methyl sites for hydroxylation is 1. The van der Waals surface area contributed by atoms with Crippen molar-refractivity contribution in [2.45, 2.75) is 18.8 Å². The maximum Gasteiger partial charge on any atom is 0.278 e. The Balaban J connectivity index is 1.93. The minimum Gasteiger partial charge on any atom is -0.286 e. The van der Waals surface area contributed by atoms with Gasteiger partial charge in [0.05, 0.1) is 16.2 Å². The molecule has 1 amide bonds. The molecular weight excluding hydrogens is 328 g/mol. The fraction of sp³-hybridized carbons (Fsp3) is 0.417. The van der Waals surface area contributed by atoms with Gasteiger partial charge in [-0.1, -0.05) is 11.3 Å². The summed E-state index contributed by atoms with van der Waals surface area (Å²) >= 11 is 4.80. The average Bonchev–Trinajstić information content (AvgIpc) is 3.03. The van der Waals surface area contributed by atoms with E-state index < -0.39 is 0 Å². The summed E-state index contributed by atoms with van der Waals surface area (Å²) in [6, 6.07) is 0. The van der Waals surface area contributed by atoms with Gasteiger partial charge in [0.1, 0.15) is 5.69 Å². The summed E-state index contributed by atoms with van der Waals surface area (Å²) in [7, 11) is 3.56. The summed E-state index contributed by atoms with van der Waals surface area (Å²) in [5, 5.41) is 4.90. The summed E-state index contributed by atoms with van der Waals surface area (Å²) in [6.45, 7) is 0. The summed E-state index contributed by atoms with van der Waals surface area (Å²) in [5.74, 6) is 0.452. The van der Waals surface area contributed by atoms with Crippen molar-refractivity contribution in [1.29, 1.82) is 0 Å². The van der Waals surface area contributed by atoms with Gasteiger partial charge in [-0.05, 0) is 34.7 Å². The third kappa shape index (κ3) is 2.32. The molecular formula is C12H13BrN4OS. The lowest BCUT2D eigenvalue weighted by molar-refractivity contribution is 0.0983. The number of anilines is 1. The number of hydrogen-bond acceptors (Lipinski definition) is 4. The molecule has 19 heavy (non-hydrogen) atoms. The van der Waals surface area contributed by atoms with Crippen LogP contribution in [0.3, 0.4) is 0 Å². The van der Waals surface area contributed by atoms with Gasteiger partial charge >= 0.3 is 0 Å². The van der Waals surface area contributed by atoms with E-state index in [2.05, 4.69) is 26.0 Å². The van der Waals surface area contributed by atoms with Crippen LogP contribution < -0.4 is 4.90 Å². The van der Waals surface area contributed by atoms with Gasteiger partial charge in [-0.15, -0.1) is 0 Å². The second-order valence-electron chi connectivity index (χ2n) is 4.66. The monoisotopic (exact) mass is 340 g/mol. The molecule has 0 radical (unpaired) electrons. The average molecular weight is 341 g/mol. The van der Waals surface area contributed by atoms with E-state index in [0.29, 0.717) is 16.7 Å². The number of thiazole rings is 1. The van der Waals surface area contributed by atoms with E-state index in [1.165, 1.54) is 11.3 Å². The normalized spacial score (nSPS) is 14.7. The van der Waals surface area contributed by atoms with Gasteiger partial charge in [0, 0.05) is 19.7 Å². The zero-order valence-electron chi connectivity index (χ0n) is 10.6. The highest BCUT2D eigenvalue weighted by Gasteiger charge is 2.32. The zero-order chi connectivity index (χ0) is 13.6. The molecule has 1 saturated carbocycles. The Kier molecular flexibility index (Phi) is 3.18. The third-order valence-corrected chi connectivity index (χ3v) is 4.80. The van der Waals surface area contributed by atoms with Gasteiger partial charge < -0.3 is 0 Å². The van der Waals surface area contributed by atoms with E-state index >= 15 is 0 Å². The van der Waals surface area contributed by atoms with Crippen LogP contribution in [0.2, 0.25) is 0 Å². The van der Waals surface area contributed by atoms with Gasteiger partial charge in [-0.3, -0.25) is 14.4 Å². The SMILES string of the molecule is CN(C(=O)c1c(C2CC2)cnn1C)c1ncc(Br)s1. The zero-order valence-corrected chi connectivity index (χ0v) is 13.0. The highest BCUT2D eigenvalue weighted by atomic mass is 79.9. The Bertz CT molecular complexity index is 631. The van der Waals surface area contributed by atoms with Crippen molar-refractivity contribution in [2.75, 3.05) is 11.9 Å². The van der Waals surface area contributed by atoms with Crippen molar-refractivity contribution in [1.82, 2.24) is 14.8 Å². The fourth-order valence-corrected chi connectivity index (χ4v) is 3.20. The second-order valence-corrected chi connectivity index (χ2v) is 7.05. The molecule has 3 rings (SSSR count). The van der Waals surface area contributed by atoms with E-state index in [9.17, 15) is 4.79 Å². The molecule has 0 bridgehead atoms. The Morgan fingerprint density at radius 1 is 1.53 bits per heavy atom. The van der Waals surface area contributed by atoms with Crippen molar-refractivity contribution in [3.05, 3.63) is 27.4 Å². The summed E-state index contributed by atoms with van der Waals surface area (Å²) in [4.78, 5) is 18.4. The van der Waals surface area contributed by atoms with Crippen LogP contribution in [0.5, 0.6) is 0 Å². The minimum absolute atomic E-state index is 0.0521. The van der Waals surface area contributed by atoms with Crippen LogP contribution in [-0.4, -0.2) is 27.7 Å². The molecule has 0 aromatic carbocycles. The molecule has 1 aliphatic carbocycles. The largest absolute Gasteiger partial charge is 0.286 e. The first kappa shape index (κ1) is 12.8. The molecule has 0 unspecified atom stereocenters. The van der Waals surface area contributed by atoms with Gasteiger partial charge in [-0.2, -0.15) is 5.10 Å². The second kappa shape index (κ2) is 4.72. The van der Waals surface area contributed by atoms with Crippen LogP contribution >= 0.6 is 27.3 Å². The van der Waals surface area contributed by atoms with E-state index in [-0.39, 0.29) is 5.91 Å². The molecule has 0 aliphatic heterocycles. The Labute approximate surface area is 123 Å². The highest BCUT2D eigenvalue weighted by Crippen LogP contribution is 2.42. The lowest BCUT2D eigenvalue weighted by Gasteiger charge is -2.14. The maximum atomic E-state index is 12.6. The molecule has 1 fully saturated rings. The van der Waals surface area contributed by atoms with Crippen molar-refractivity contribution < 1.29 is 4.79 Å². The smallest absolute Gasteiger partial charge is 0.278 e. The predicted octanol–water partition coefficient (Wildman–Crippen LogP) is 2.79. The molecule has 100 valence electrons. The molecule has 5 nitrogen and oxygen atoms in total. The molecule has 0 atom stereocenters. The van der Waals surface area contributed by atoms with Crippen LogP contribution in [0.15, 0.2) is 16.2 Å². The molecule has 1 aliphatic rings. The lowest BCUT2D eigenvalue weighted by Crippen LogP contribution is -2.29. The molecule has 0 N–H and O–H groups in total. The third-order valence-electron chi connectivity index (χ3n) is 3.24. The van der Waals surface area contributed by atoms with Gasteiger partial charge in [0.2, 0.25) is 0 Å². The number of amides is 1. The number of hydrogen-bond donors (Lipinski definition) is 0. The Hall–Kier alpha value is -1.21. The van der Waals surface area contributed by atoms with E-state index in [1.54, 1.807) is 22.8 Å². The Morgan fingerprint density at radius 2 is 2.26 bits per heavy atom. The van der Waals surface area contributed by atoms with Crippen molar-refractivity contribution >= 4 is 38.3 Å². The molecule has 2 aromatic rings. The number of carbonyl (C=O) groups is 1. The molecule has 0 saturated heterocycles. The van der Waals surface area contributed by atoms with Crippen LogP contribution in [-0.2, 0) is 7.05 Å². The van der Waals surface area contributed by atoms with Gasteiger partial charge in [0.15, 0.2) is 5.13 Å². The standard InChI is InChI=1S/C12H13BrN4OS/c1-16(12-14-6-9(13)19-12)11(18)10-8(7-3-4-7)5-15-17(10)2/h5-7H,3-4H2,1-2H3. The highest BCUT2D eigenvalue weighted by molar-refractivity contribution is 9.11. The molecule has 2 aromatic heterocycles. The van der Waals surface area contributed by atoms with Crippen LogP contribution in [0.4, 0.5) is 5.13 Å². The van der Waals surface area contributed by atoms with Gasteiger partial charge in [0.25, 0.3) is 5.91 Å². The number of rotatable bonds is 3. The van der Waals surface area contributed by atoms with Crippen molar-refractivity contribution in [3.63, 3.8) is 0 Å². The molecule has 2 heterocycles. The van der Waals surface area contributed by atoms with Crippen molar-refractivity contribution in [3.8, 4) is 0 Å². The summed E-state index contributed by atoms with van der Waals surface area (Å²) in [5.41, 5.74) is 1.74. The van der Waals surface area contributed by atoms with Gasteiger partial charge in [-0.25, -0.2) is 4.98 Å². The van der Waals surface area contributed by atoms with E-state index in [4.69, 9.17) is 0 Å². The van der Waals surface area contributed by atoms with Crippen LogP contribution in [0.1, 0.15) is 34.8 Å². The fourth-order valence-electron chi connectivity index (χ4n) is 2.06. The lowest BCUT2D eigenvalue weighted by atomic mass is 10.1. The predicted molar refractivity (Wildman–Crippen MR) is 77.7 cm³/mol. The summed E-state index contributed by atoms with van der Waals surface area (Å²) < 4.78 is 2.57. The molecule has 7 heteroatoms. The van der Waals surface area contributed by atoms with E-state index in [0.717, 1.165) is 22.2 Å².